The molecule has 4 aromatic carbocycles. The summed E-state index contributed by atoms with van der Waals surface area (Å²) >= 11 is 0. The van der Waals surface area contributed by atoms with Crippen molar-refractivity contribution in [1.82, 2.24) is 9.97 Å². The topological polar surface area (TPSA) is 78.9 Å². The monoisotopic (exact) mass is 473 g/mol. The Morgan fingerprint density at radius 3 is 1.97 bits per heavy atom. The highest BCUT2D eigenvalue weighted by Crippen LogP contribution is 2.23. The van der Waals surface area contributed by atoms with E-state index in [4.69, 9.17) is 0 Å². The van der Waals surface area contributed by atoms with Crippen molar-refractivity contribution in [2.24, 2.45) is 0 Å². The number of nitrogens with zero attached hydrogens (tertiary/aromatic N) is 2. The molecule has 0 spiro atoms. The van der Waals surface area contributed by atoms with Crippen LogP contribution >= 0.6 is 0 Å². The minimum atomic E-state index is -0.0506. The summed E-state index contributed by atoms with van der Waals surface area (Å²) in [5.41, 5.74) is 4.79. The molecule has 6 nitrogen and oxygen atoms in total. The predicted octanol–water partition coefficient (Wildman–Crippen LogP) is 6.92. The van der Waals surface area contributed by atoms with Crippen LogP contribution in [0.1, 0.15) is 17.0 Å². The Morgan fingerprint density at radius 2 is 1.28 bits per heavy atom. The molecule has 0 bridgehead atoms. The molecule has 0 saturated carbocycles. The Balaban J connectivity index is 1.23. The number of carbonyl (C=O) groups is 1. The van der Waals surface area contributed by atoms with E-state index in [1.54, 1.807) is 0 Å². The Labute approximate surface area is 210 Å². The Bertz CT molecular complexity index is 1510. The van der Waals surface area contributed by atoms with Crippen molar-refractivity contribution in [2.45, 2.75) is 20.3 Å². The summed E-state index contributed by atoms with van der Waals surface area (Å²) in [5.74, 6) is 2.01. The van der Waals surface area contributed by atoms with Gasteiger partial charge in [-0.25, -0.2) is 9.97 Å². The number of anilines is 5. The molecule has 178 valence electrons. The van der Waals surface area contributed by atoms with E-state index in [1.807, 2.05) is 73.7 Å². The first-order chi connectivity index (χ1) is 17.5. The second-order valence-corrected chi connectivity index (χ2v) is 8.74. The normalized spacial score (nSPS) is 10.7. The maximum Gasteiger partial charge on any atom is 0.228 e. The van der Waals surface area contributed by atoms with E-state index in [1.165, 1.54) is 5.56 Å². The summed E-state index contributed by atoms with van der Waals surface area (Å²) in [5, 5.41) is 11.9. The minimum Gasteiger partial charge on any atom is -0.340 e. The number of benzene rings is 4. The smallest absolute Gasteiger partial charge is 0.228 e. The first kappa shape index (κ1) is 23.1. The standard InChI is InChI=1S/C30H27N5O/c1-20-10-12-24(13-11-20)33-28-19-29(32-21(2)31-28)34-25-14-16-26(17-15-25)35-30(36)18-23-8-5-7-22-6-3-4-9-27(22)23/h3-17,19H,18H2,1-2H3,(H,35,36)(H2,31,32,33,34). The van der Waals surface area contributed by atoms with Gasteiger partial charge in [-0.1, -0.05) is 60.2 Å². The van der Waals surface area contributed by atoms with Crippen molar-refractivity contribution in [2.75, 3.05) is 16.0 Å². The summed E-state index contributed by atoms with van der Waals surface area (Å²) in [6, 6.07) is 31.8. The van der Waals surface area contributed by atoms with Gasteiger partial charge < -0.3 is 16.0 Å². The molecule has 0 radical (unpaired) electrons. The van der Waals surface area contributed by atoms with E-state index in [9.17, 15) is 4.79 Å². The zero-order chi connectivity index (χ0) is 24.9. The largest absolute Gasteiger partial charge is 0.340 e. The molecule has 0 aliphatic carbocycles. The zero-order valence-corrected chi connectivity index (χ0v) is 20.2. The van der Waals surface area contributed by atoms with Crippen LogP contribution in [0.5, 0.6) is 0 Å². The highest BCUT2D eigenvalue weighted by molar-refractivity contribution is 5.96. The van der Waals surface area contributed by atoms with Crippen LogP contribution in [0.15, 0.2) is 97.1 Å². The van der Waals surface area contributed by atoms with Gasteiger partial charge in [0.2, 0.25) is 5.91 Å². The summed E-state index contributed by atoms with van der Waals surface area (Å²) < 4.78 is 0. The second-order valence-electron chi connectivity index (χ2n) is 8.74. The molecule has 6 heteroatoms. The van der Waals surface area contributed by atoms with Crippen molar-refractivity contribution in [3.05, 3.63) is 114 Å². The molecule has 0 atom stereocenters. The maximum absolute atomic E-state index is 12.7. The van der Waals surface area contributed by atoms with E-state index in [2.05, 4.69) is 63.2 Å². The SMILES string of the molecule is Cc1ccc(Nc2cc(Nc3ccc(NC(=O)Cc4cccc5ccccc45)cc3)nc(C)n2)cc1. The summed E-state index contributed by atoms with van der Waals surface area (Å²) in [6.07, 6.45) is 0.318. The number of carbonyl (C=O) groups excluding carboxylic acids is 1. The number of hydrogen-bond acceptors (Lipinski definition) is 5. The molecule has 0 saturated heterocycles. The number of aromatic nitrogens is 2. The van der Waals surface area contributed by atoms with Gasteiger partial charge in [-0.3, -0.25) is 4.79 Å². The van der Waals surface area contributed by atoms with E-state index in [0.29, 0.717) is 23.9 Å². The van der Waals surface area contributed by atoms with Gasteiger partial charge in [0.1, 0.15) is 17.5 Å². The molecule has 0 aliphatic heterocycles. The molecule has 0 fully saturated rings. The van der Waals surface area contributed by atoms with Crippen LogP contribution in [0.25, 0.3) is 10.8 Å². The molecule has 5 aromatic rings. The van der Waals surface area contributed by atoms with E-state index >= 15 is 0 Å². The van der Waals surface area contributed by atoms with Crippen molar-refractivity contribution >= 4 is 45.4 Å². The first-order valence-corrected chi connectivity index (χ1v) is 11.8. The summed E-state index contributed by atoms with van der Waals surface area (Å²) in [6.45, 7) is 3.92. The lowest BCUT2D eigenvalue weighted by molar-refractivity contribution is -0.115. The van der Waals surface area contributed by atoms with Crippen molar-refractivity contribution < 1.29 is 4.79 Å². The van der Waals surface area contributed by atoms with Gasteiger partial charge in [-0.2, -0.15) is 0 Å². The lowest BCUT2D eigenvalue weighted by atomic mass is 10.0. The highest BCUT2D eigenvalue weighted by atomic mass is 16.1. The lowest BCUT2D eigenvalue weighted by Crippen LogP contribution is -2.14. The molecule has 1 aromatic heterocycles. The zero-order valence-electron chi connectivity index (χ0n) is 20.2. The van der Waals surface area contributed by atoms with Crippen LogP contribution in [-0.4, -0.2) is 15.9 Å². The van der Waals surface area contributed by atoms with Gasteiger partial charge in [0, 0.05) is 23.1 Å². The van der Waals surface area contributed by atoms with Crippen LogP contribution in [0.3, 0.4) is 0 Å². The predicted molar refractivity (Wildman–Crippen MR) is 147 cm³/mol. The van der Waals surface area contributed by atoms with Gasteiger partial charge in [-0.15, -0.1) is 0 Å². The molecule has 1 heterocycles. The highest BCUT2D eigenvalue weighted by Gasteiger charge is 2.08. The number of hydrogen-bond donors (Lipinski definition) is 3. The average Bonchev–Trinajstić information content (AvgIpc) is 2.86. The Morgan fingerprint density at radius 1 is 0.694 bits per heavy atom. The lowest BCUT2D eigenvalue weighted by Gasteiger charge is -2.11. The van der Waals surface area contributed by atoms with Crippen molar-refractivity contribution in [3.8, 4) is 0 Å². The average molecular weight is 474 g/mol. The maximum atomic E-state index is 12.7. The van der Waals surface area contributed by atoms with Crippen LogP contribution < -0.4 is 16.0 Å². The fraction of sp³-hybridized carbons (Fsp3) is 0.100. The summed E-state index contributed by atoms with van der Waals surface area (Å²) in [4.78, 5) is 21.7. The van der Waals surface area contributed by atoms with Gasteiger partial charge in [0.05, 0.1) is 6.42 Å². The molecular formula is C30H27N5O. The van der Waals surface area contributed by atoms with Crippen LogP contribution in [0, 0.1) is 13.8 Å². The first-order valence-electron chi connectivity index (χ1n) is 11.8. The van der Waals surface area contributed by atoms with E-state index < -0.39 is 0 Å². The van der Waals surface area contributed by atoms with E-state index in [0.717, 1.165) is 33.4 Å². The molecule has 1 amide bonds. The minimum absolute atomic E-state index is 0.0506. The summed E-state index contributed by atoms with van der Waals surface area (Å²) in [7, 11) is 0. The molecular weight excluding hydrogens is 446 g/mol. The molecule has 36 heavy (non-hydrogen) atoms. The van der Waals surface area contributed by atoms with Crippen molar-refractivity contribution in [3.63, 3.8) is 0 Å². The van der Waals surface area contributed by atoms with Crippen LogP contribution in [0.2, 0.25) is 0 Å². The second kappa shape index (κ2) is 10.3. The fourth-order valence-electron chi connectivity index (χ4n) is 4.09. The number of fused-ring (bicyclic) bond motifs is 1. The fourth-order valence-corrected chi connectivity index (χ4v) is 4.09. The van der Waals surface area contributed by atoms with E-state index in [-0.39, 0.29) is 5.91 Å². The molecule has 0 aliphatic rings. The number of amides is 1. The number of rotatable bonds is 7. The van der Waals surface area contributed by atoms with Crippen molar-refractivity contribution in [1.29, 1.82) is 0 Å². The number of nitrogens with one attached hydrogen (secondary N) is 3. The third kappa shape index (κ3) is 5.67. The number of aryl methyl sites for hydroxylation is 2. The third-order valence-corrected chi connectivity index (χ3v) is 5.83. The molecule has 5 rings (SSSR count). The molecule has 3 N–H and O–H groups in total. The van der Waals surface area contributed by atoms with Crippen LogP contribution in [-0.2, 0) is 11.2 Å². The van der Waals surface area contributed by atoms with Gasteiger partial charge in [0.25, 0.3) is 0 Å². The Hall–Kier alpha value is -4.71. The van der Waals surface area contributed by atoms with Gasteiger partial charge in [-0.05, 0) is 66.6 Å². The third-order valence-electron chi connectivity index (χ3n) is 5.83. The van der Waals surface area contributed by atoms with Gasteiger partial charge in [0.15, 0.2) is 0 Å². The molecule has 0 unspecified atom stereocenters. The quantitative estimate of drug-likeness (QED) is 0.239. The van der Waals surface area contributed by atoms with Crippen LogP contribution in [0.4, 0.5) is 28.7 Å². The van der Waals surface area contributed by atoms with Gasteiger partial charge >= 0.3 is 0 Å². The Kier molecular flexibility index (Phi) is 6.58.